The molecular formula is C13H23ClN2O. The molecule has 0 saturated heterocycles. The van der Waals surface area contributed by atoms with Crippen LogP contribution in [0.3, 0.4) is 0 Å². The predicted molar refractivity (Wildman–Crippen MR) is 69.9 cm³/mol. The largest absolute Gasteiger partial charge is 0.353 e. The molecule has 0 aromatic carbocycles. The maximum Gasteiger partial charge on any atom is 0.221 e. The smallest absolute Gasteiger partial charge is 0.221 e. The summed E-state index contributed by atoms with van der Waals surface area (Å²) in [5, 5.41) is 3.20. The van der Waals surface area contributed by atoms with Crippen LogP contribution in [0.15, 0.2) is 0 Å². The summed E-state index contributed by atoms with van der Waals surface area (Å²) in [5.41, 5.74) is 5.40. The van der Waals surface area contributed by atoms with Gasteiger partial charge in [0.25, 0.3) is 0 Å². The molecule has 0 aliphatic heterocycles. The van der Waals surface area contributed by atoms with Crippen molar-refractivity contribution in [2.24, 2.45) is 29.4 Å². The number of fused-ring (bicyclic) bond motifs is 5. The minimum atomic E-state index is 0. The van der Waals surface area contributed by atoms with Crippen molar-refractivity contribution >= 4 is 18.3 Å². The molecule has 0 aromatic heterocycles. The highest BCUT2D eigenvalue weighted by Crippen LogP contribution is 2.58. The predicted octanol–water partition coefficient (Wildman–Crippen LogP) is 1.70. The molecule has 3 fully saturated rings. The van der Waals surface area contributed by atoms with Gasteiger partial charge in [-0.2, -0.15) is 0 Å². The quantitative estimate of drug-likeness (QED) is 0.810. The van der Waals surface area contributed by atoms with Crippen molar-refractivity contribution in [2.45, 2.75) is 44.6 Å². The molecule has 3 nitrogen and oxygen atoms in total. The number of carbonyl (C=O) groups excluding carboxylic acids is 1. The molecule has 98 valence electrons. The van der Waals surface area contributed by atoms with Crippen molar-refractivity contribution in [1.29, 1.82) is 0 Å². The topological polar surface area (TPSA) is 55.1 Å². The molecule has 3 saturated carbocycles. The molecule has 5 unspecified atom stereocenters. The van der Waals surface area contributed by atoms with Gasteiger partial charge in [-0.05, 0) is 49.4 Å². The zero-order valence-electron chi connectivity index (χ0n) is 10.2. The molecule has 3 N–H and O–H groups in total. The Morgan fingerprint density at radius 1 is 1.18 bits per heavy atom. The lowest BCUT2D eigenvalue weighted by Gasteiger charge is -2.32. The molecule has 0 radical (unpaired) electrons. The Morgan fingerprint density at radius 3 is 2.71 bits per heavy atom. The SMILES string of the molecule is Cl.NCCC(=O)NC1CC2CC1C1CCCC21. The highest BCUT2D eigenvalue weighted by atomic mass is 35.5. The van der Waals surface area contributed by atoms with Gasteiger partial charge >= 0.3 is 0 Å². The van der Waals surface area contributed by atoms with E-state index in [1.807, 2.05) is 0 Å². The van der Waals surface area contributed by atoms with Crippen LogP contribution >= 0.6 is 12.4 Å². The van der Waals surface area contributed by atoms with Gasteiger partial charge < -0.3 is 11.1 Å². The summed E-state index contributed by atoms with van der Waals surface area (Å²) in [6.45, 7) is 0.471. The van der Waals surface area contributed by atoms with E-state index in [0.29, 0.717) is 19.0 Å². The van der Waals surface area contributed by atoms with Gasteiger partial charge in [0.2, 0.25) is 5.91 Å². The van der Waals surface area contributed by atoms with Crippen molar-refractivity contribution in [3.05, 3.63) is 0 Å². The summed E-state index contributed by atoms with van der Waals surface area (Å²) in [7, 11) is 0. The summed E-state index contributed by atoms with van der Waals surface area (Å²) in [6.07, 6.45) is 7.39. The molecule has 0 aromatic rings. The Morgan fingerprint density at radius 2 is 1.94 bits per heavy atom. The maximum absolute atomic E-state index is 11.6. The summed E-state index contributed by atoms with van der Waals surface area (Å²) in [5.74, 6) is 3.81. The number of halogens is 1. The number of amides is 1. The zero-order chi connectivity index (χ0) is 11.1. The lowest BCUT2D eigenvalue weighted by atomic mass is 9.79. The van der Waals surface area contributed by atoms with Crippen molar-refractivity contribution in [1.82, 2.24) is 5.32 Å². The van der Waals surface area contributed by atoms with Gasteiger partial charge in [-0.25, -0.2) is 0 Å². The molecule has 3 aliphatic carbocycles. The van der Waals surface area contributed by atoms with Crippen LogP contribution in [0.4, 0.5) is 0 Å². The Hall–Kier alpha value is -0.280. The van der Waals surface area contributed by atoms with E-state index in [1.165, 1.54) is 32.1 Å². The fraction of sp³-hybridized carbons (Fsp3) is 0.923. The third-order valence-corrected chi connectivity index (χ3v) is 5.15. The van der Waals surface area contributed by atoms with Gasteiger partial charge in [0.05, 0.1) is 0 Å². The average Bonchev–Trinajstić information content (AvgIpc) is 2.86. The summed E-state index contributed by atoms with van der Waals surface area (Å²) < 4.78 is 0. The van der Waals surface area contributed by atoms with Crippen molar-refractivity contribution in [2.75, 3.05) is 6.54 Å². The third-order valence-electron chi connectivity index (χ3n) is 5.15. The Labute approximate surface area is 109 Å². The molecule has 4 heteroatoms. The highest BCUT2D eigenvalue weighted by molar-refractivity contribution is 5.85. The summed E-state index contributed by atoms with van der Waals surface area (Å²) >= 11 is 0. The van der Waals surface area contributed by atoms with Crippen LogP contribution in [0.5, 0.6) is 0 Å². The molecule has 1 amide bonds. The van der Waals surface area contributed by atoms with E-state index in [-0.39, 0.29) is 18.3 Å². The van der Waals surface area contributed by atoms with Crippen LogP contribution in [0.1, 0.15) is 38.5 Å². The molecule has 0 heterocycles. The first kappa shape index (κ1) is 13.2. The molecule has 3 rings (SSSR count). The normalized spacial score (nSPS) is 42.1. The second-order valence-corrected chi connectivity index (χ2v) is 5.87. The molecule has 17 heavy (non-hydrogen) atoms. The summed E-state index contributed by atoms with van der Waals surface area (Å²) in [6, 6.07) is 0.475. The maximum atomic E-state index is 11.6. The second kappa shape index (κ2) is 5.15. The minimum absolute atomic E-state index is 0. The van der Waals surface area contributed by atoms with Gasteiger partial charge in [0.1, 0.15) is 0 Å². The zero-order valence-corrected chi connectivity index (χ0v) is 11.0. The van der Waals surface area contributed by atoms with E-state index in [9.17, 15) is 4.79 Å². The minimum Gasteiger partial charge on any atom is -0.353 e. The molecular weight excluding hydrogens is 236 g/mol. The third kappa shape index (κ3) is 2.19. The van der Waals surface area contributed by atoms with Gasteiger partial charge in [-0.1, -0.05) is 6.42 Å². The van der Waals surface area contributed by atoms with Gasteiger partial charge in [-0.15, -0.1) is 12.4 Å². The fourth-order valence-corrected chi connectivity index (χ4v) is 4.64. The van der Waals surface area contributed by atoms with Crippen molar-refractivity contribution in [3.8, 4) is 0 Å². The second-order valence-electron chi connectivity index (χ2n) is 5.87. The lowest BCUT2D eigenvalue weighted by molar-refractivity contribution is -0.122. The number of nitrogens with one attached hydrogen (secondary N) is 1. The number of carbonyl (C=O) groups is 1. The molecule has 2 bridgehead atoms. The Balaban J connectivity index is 0.00000108. The fourth-order valence-electron chi connectivity index (χ4n) is 4.64. The van der Waals surface area contributed by atoms with E-state index in [2.05, 4.69) is 5.32 Å². The van der Waals surface area contributed by atoms with E-state index in [0.717, 1.165) is 23.7 Å². The van der Waals surface area contributed by atoms with Gasteiger partial charge in [-0.3, -0.25) is 4.79 Å². The average molecular weight is 259 g/mol. The number of hydrogen-bond acceptors (Lipinski definition) is 2. The first-order valence-corrected chi connectivity index (χ1v) is 6.79. The van der Waals surface area contributed by atoms with E-state index < -0.39 is 0 Å². The molecule has 3 aliphatic rings. The summed E-state index contributed by atoms with van der Waals surface area (Å²) in [4.78, 5) is 11.6. The van der Waals surface area contributed by atoms with E-state index >= 15 is 0 Å². The first-order chi connectivity index (χ1) is 7.79. The first-order valence-electron chi connectivity index (χ1n) is 6.79. The number of rotatable bonds is 3. The Bertz CT molecular complexity index is 297. The van der Waals surface area contributed by atoms with Gasteiger partial charge in [0.15, 0.2) is 0 Å². The van der Waals surface area contributed by atoms with Gasteiger partial charge in [0, 0.05) is 19.0 Å². The van der Waals surface area contributed by atoms with Crippen LogP contribution in [0.2, 0.25) is 0 Å². The van der Waals surface area contributed by atoms with Crippen LogP contribution in [-0.4, -0.2) is 18.5 Å². The van der Waals surface area contributed by atoms with E-state index in [4.69, 9.17) is 5.73 Å². The van der Waals surface area contributed by atoms with Crippen LogP contribution in [0, 0.1) is 23.7 Å². The van der Waals surface area contributed by atoms with Crippen LogP contribution in [-0.2, 0) is 4.79 Å². The van der Waals surface area contributed by atoms with Crippen LogP contribution in [0.25, 0.3) is 0 Å². The highest BCUT2D eigenvalue weighted by Gasteiger charge is 2.53. The number of hydrogen-bond donors (Lipinski definition) is 2. The van der Waals surface area contributed by atoms with Crippen molar-refractivity contribution in [3.63, 3.8) is 0 Å². The lowest BCUT2D eigenvalue weighted by Crippen LogP contribution is -2.42. The van der Waals surface area contributed by atoms with Crippen molar-refractivity contribution < 1.29 is 4.79 Å². The number of nitrogens with two attached hydrogens (primary N) is 1. The van der Waals surface area contributed by atoms with E-state index in [1.54, 1.807) is 0 Å². The standard InChI is InChI=1S/C13H22N2O.ClH/c14-5-4-13(16)15-12-7-8-6-11(12)10-3-1-2-9(8)10;/h8-12H,1-7,14H2,(H,15,16);1H. The molecule has 5 atom stereocenters. The molecule has 0 spiro atoms. The van der Waals surface area contributed by atoms with Crippen LogP contribution < -0.4 is 11.1 Å². The monoisotopic (exact) mass is 258 g/mol. The Kier molecular flexibility index (Phi) is 3.99.